The number of hydrogen-bond donors (Lipinski definition) is 0. The van der Waals surface area contributed by atoms with Crippen LogP contribution in [0.3, 0.4) is 0 Å². The zero-order valence-electron chi connectivity index (χ0n) is 4.94. The third kappa shape index (κ3) is 121. The fourth-order valence-electron chi connectivity index (χ4n) is 0. The summed E-state index contributed by atoms with van der Waals surface area (Å²) in [6.45, 7) is 0. The summed E-state index contributed by atoms with van der Waals surface area (Å²) in [7, 11) is 0. The largest absolute Gasteiger partial charge is 2.00 e. The van der Waals surface area contributed by atoms with Crippen LogP contribution in [0, 0.1) is 0 Å². The molecule has 0 saturated heterocycles. The molecule has 0 bridgehead atoms. The fourth-order valence-corrected chi connectivity index (χ4v) is 0. The molecule has 0 heterocycles. The van der Waals surface area contributed by atoms with Crippen LogP contribution in [0.5, 0.6) is 0 Å². The molecule has 66 valence electrons. The summed E-state index contributed by atoms with van der Waals surface area (Å²) < 4.78 is 0. The van der Waals surface area contributed by atoms with Gasteiger partial charge in [-0.2, -0.15) is 0 Å². The molecule has 11 heteroatoms. The summed E-state index contributed by atoms with van der Waals surface area (Å²) >= 11 is 0. The van der Waals surface area contributed by atoms with Crippen LogP contribution in [0.15, 0.2) is 0 Å². The quantitative estimate of drug-likeness (QED) is 0.426. The normalized spacial score (nSPS) is 0. The molecule has 0 rings (SSSR count). The van der Waals surface area contributed by atoms with Crippen molar-refractivity contribution in [3.63, 3.8) is 0 Å². The molecule has 0 aliphatic rings. The molecule has 5 nitrogen and oxygen atoms in total. The van der Waals surface area contributed by atoms with Gasteiger partial charge in [-0.05, 0) is 0 Å². The standard InChI is InChI=1S/5O.2Ti.2V.2Zr/q5*-2;;;;;;. The maximum atomic E-state index is 0. The van der Waals surface area contributed by atoms with E-state index in [1.165, 1.54) is 0 Å². The van der Waals surface area contributed by atoms with E-state index in [-0.39, 0.29) is 160 Å². The first-order chi connectivity index (χ1) is 0. The molecular formula is O5Ti2V2Zr2-10. The van der Waals surface area contributed by atoms with E-state index >= 15 is 0 Å². The summed E-state index contributed by atoms with van der Waals surface area (Å²) in [5.74, 6) is 0. The molecular weight excluding hydrogens is 460 g/mol. The summed E-state index contributed by atoms with van der Waals surface area (Å²) in [6.07, 6.45) is 0. The molecule has 0 fully saturated rings. The Kier molecular flexibility index (Phi) is 2260. The molecule has 0 aliphatic carbocycles. The van der Waals surface area contributed by atoms with Gasteiger partial charge in [-0.3, -0.25) is 0 Å². The van der Waals surface area contributed by atoms with Crippen LogP contribution >= 0.6 is 0 Å². The van der Waals surface area contributed by atoms with E-state index in [0.29, 0.717) is 0 Å². The first kappa shape index (κ1) is 175. The number of rotatable bonds is 0. The van der Waals surface area contributed by atoms with Gasteiger partial charge in [0.2, 0.25) is 0 Å². The van der Waals surface area contributed by atoms with E-state index in [0.717, 1.165) is 0 Å². The zero-order valence-corrected chi connectivity index (χ0v) is 15.8. The van der Waals surface area contributed by atoms with Crippen molar-refractivity contribution in [1.29, 1.82) is 0 Å². The fraction of sp³-hybridized carbons (Fsp3) is 0. The van der Waals surface area contributed by atoms with Crippen LogP contribution in [0.1, 0.15) is 0 Å². The van der Waals surface area contributed by atoms with Crippen molar-refractivity contribution in [2.45, 2.75) is 0 Å². The van der Waals surface area contributed by atoms with Gasteiger partial charge in [0.1, 0.15) is 0 Å². The van der Waals surface area contributed by atoms with Crippen molar-refractivity contribution >= 4 is 0 Å². The average molecular weight is 460 g/mol. The minimum atomic E-state index is 0. The van der Waals surface area contributed by atoms with Crippen molar-refractivity contribution in [2.24, 2.45) is 0 Å². The first-order valence-electron chi connectivity index (χ1n) is 0. The minimum absolute atomic E-state index is 0. The number of hydrogen-bond acceptors (Lipinski definition) is 0. The summed E-state index contributed by atoms with van der Waals surface area (Å²) in [5, 5.41) is 0. The molecule has 0 aromatic carbocycles. The van der Waals surface area contributed by atoms with Gasteiger partial charge >= 0.3 is 0 Å². The minimum Gasteiger partial charge on any atom is -2.00 e. The second-order valence-corrected chi connectivity index (χ2v) is 0. The molecule has 11 heavy (non-hydrogen) atoms. The third-order valence-corrected chi connectivity index (χ3v) is 0. The second kappa shape index (κ2) is 142. The Morgan fingerprint density at radius 1 is 0.364 bits per heavy atom. The Morgan fingerprint density at radius 2 is 0.364 bits per heavy atom. The van der Waals surface area contributed by atoms with Crippen molar-refractivity contribution in [1.82, 2.24) is 0 Å². The predicted molar refractivity (Wildman–Crippen MR) is 3.43 cm³/mol. The zero-order chi connectivity index (χ0) is 0. The Labute approximate surface area is 157 Å². The molecule has 0 amide bonds. The van der Waals surface area contributed by atoms with Crippen molar-refractivity contribution in [3.05, 3.63) is 0 Å². The maximum absolute atomic E-state index is 0. The van der Waals surface area contributed by atoms with Crippen LogP contribution in [-0.4, -0.2) is 0 Å². The monoisotopic (exact) mass is 458 g/mol. The van der Waals surface area contributed by atoms with Gasteiger partial charge in [-0.1, -0.05) is 0 Å². The topological polar surface area (TPSA) is 142 Å². The van der Waals surface area contributed by atoms with Crippen molar-refractivity contribution in [3.8, 4) is 0 Å². The summed E-state index contributed by atoms with van der Waals surface area (Å²) in [4.78, 5) is 0. The van der Waals surface area contributed by atoms with E-state index in [1.807, 2.05) is 0 Å². The average Bonchev–Trinajstić information content (AvgIpc) is 0. The Balaban J connectivity index is 0. The molecule has 0 unspecified atom stereocenters. The van der Waals surface area contributed by atoms with E-state index < -0.39 is 0 Å². The molecule has 0 N–H and O–H groups in total. The second-order valence-electron chi connectivity index (χ2n) is 0. The van der Waals surface area contributed by atoms with Crippen molar-refractivity contribution < 1.29 is 160 Å². The summed E-state index contributed by atoms with van der Waals surface area (Å²) in [6, 6.07) is 0. The third-order valence-electron chi connectivity index (χ3n) is 0. The Bertz CT molecular complexity index is 20.4. The predicted octanol–water partition coefficient (Wildman–Crippen LogP) is -0.609. The Hall–Kier alpha value is 4.16. The molecule has 0 spiro atoms. The summed E-state index contributed by atoms with van der Waals surface area (Å²) in [5.41, 5.74) is 0. The molecule has 0 saturated carbocycles. The molecule has 0 aliphatic heterocycles. The van der Waals surface area contributed by atoms with Gasteiger partial charge in [-0.15, -0.1) is 0 Å². The van der Waals surface area contributed by atoms with Gasteiger partial charge in [0.15, 0.2) is 0 Å². The van der Waals surface area contributed by atoms with Crippen LogP contribution in [-0.2, 0) is 160 Å². The molecule has 0 aromatic rings. The van der Waals surface area contributed by atoms with E-state index in [2.05, 4.69) is 0 Å². The van der Waals surface area contributed by atoms with E-state index in [1.54, 1.807) is 0 Å². The van der Waals surface area contributed by atoms with Gasteiger partial charge in [0.25, 0.3) is 0 Å². The van der Waals surface area contributed by atoms with E-state index in [9.17, 15) is 0 Å². The molecule has 0 aromatic heterocycles. The van der Waals surface area contributed by atoms with Gasteiger partial charge in [0.05, 0.1) is 0 Å². The van der Waals surface area contributed by atoms with Crippen molar-refractivity contribution in [2.75, 3.05) is 0 Å². The van der Waals surface area contributed by atoms with Crippen LogP contribution in [0.25, 0.3) is 0 Å². The van der Waals surface area contributed by atoms with Crippen LogP contribution in [0.2, 0.25) is 0 Å². The van der Waals surface area contributed by atoms with E-state index in [4.69, 9.17) is 0 Å². The van der Waals surface area contributed by atoms with Gasteiger partial charge < -0.3 is 27.4 Å². The maximum Gasteiger partial charge on any atom is 0 e. The van der Waals surface area contributed by atoms with Gasteiger partial charge in [-0.25, -0.2) is 0 Å². The smallest absolute Gasteiger partial charge is 0 e. The molecule has 0 atom stereocenters. The molecule has 2 radical (unpaired) electrons. The SMILES string of the molecule is [O-2].[O-2].[O-2].[O-2].[O-2].[Ti].[Ti].[V].[V].[Zr].[Zr]. The Morgan fingerprint density at radius 3 is 0.364 bits per heavy atom. The van der Waals surface area contributed by atoms with Gasteiger partial charge in [0, 0.05) is 133 Å². The first-order valence-corrected chi connectivity index (χ1v) is 0. The van der Waals surface area contributed by atoms with Crippen LogP contribution in [0.4, 0.5) is 0 Å². The van der Waals surface area contributed by atoms with Crippen LogP contribution < -0.4 is 0 Å².